The number of carbonyl (C=O) groups is 2. The van der Waals surface area contributed by atoms with E-state index in [9.17, 15) is 9.59 Å². The highest BCUT2D eigenvalue weighted by Crippen LogP contribution is 2.24. The standard InChI is InChI=1S/C17H19N3O5/c1-5-10-6-7-13-11(8-10)14(20-17(19-13)25-4)18-9-12(15(21)23-2)16(22)24-3/h6-9H,5H2,1-4H3,(H,18,19,20). The first kappa shape index (κ1) is 18.2. The number of fused-ring (bicyclic) bond motifs is 1. The van der Waals surface area contributed by atoms with E-state index in [0.29, 0.717) is 11.3 Å². The molecule has 2 aromatic rings. The molecular formula is C17H19N3O5. The zero-order valence-corrected chi connectivity index (χ0v) is 14.5. The third-order valence-electron chi connectivity index (χ3n) is 3.49. The van der Waals surface area contributed by atoms with Crippen molar-refractivity contribution in [1.82, 2.24) is 9.97 Å². The fraction of sp³-hybridized carbons (Fsp3) is 0.294. The molecule has 0 radical (unpaired) electrons. The van der Waals surface area contributed by atoms with Crippen molar-refractivity contribution >= 4 is 28.7 Å². The summed E-state index contributed by atoms with van der Waals surface area (Å²) in [7, 11) is 3.81. The highest BCUT2D eigenvalue weighted by Gasteiger charge is 2.20. The van der Waals surface area contributed by atoms with Gasteiger partial charge in [-0.05, 0) is 24.1 Å². The second-order valence-electron chi connectivity index (χ2n) is 4.95. The Labute approximate surface area is 144 Å². The smallest absolute Gasteiger partial charge is 0.346 e. The first-order valence-electron chi connectivity index (χ1n) is 7.52. The van der Waals surface area contributed by atoms with Gasteiger partial charge in [-0.1, -0.05) is 13.0 Å². The summed E-state index contributed by atoms with van der Waals surface area (Å²) in [6, 6.07) is 5.91. The van der Waals surface area contributed by atoms with E-state index >= 15 is 0 Å². The summed E-state index contributed by atoms with van der Waals surface area (Å²) in [5.74, 6) is -1.25. The number of nitrogens with one attached hydrogen (secondary N) is 1. The molecule has 1 aromatic carbocycles. The van der Waals surface area contributed by atoms with E-state index in [1.165, 1.54) is 27.5 Å². The topological polar surface area (TPSA) is 99.6 Å². The molecule has 0 bridgehead atoms. The van der Waals surface area contributed by atoms with Crippen LogP contribution in [-0.2, 0) is 25.5 Å². The molecule has 1 heterocycles. The molecule has 1 aromatic heterocycles. The van der Waals surface area contributed by atoms with Gasteiger partial charge >= 0.3 is 17.9 Å². The molecule has 25 heavy (non-hydrogen) atoms. The normalized spacial score (nSPS) is 10.1. The summed E-state index contributed by atoms with van der Waals surface area (Å²) in [6.07, 6.45) is 2.03. The predicted octanol–water partition coefficient (Wildman–Crippen LogP) is 1.84. The van der Waals surface area contributed by atoms with Crippen molar-refractivity contribution in [3.8, 4) is 6.01 Å². The average Bonchev–Trinajstić information content (AvgIpc) is 2.66. The molecule has 0 aliphatic heterocycles. The number of methoxy groups -OCH3 is 3. The van der Waals surface area contributed by atoms with Crippen molar-refractivity contribution in [2.45, 2.75) is 13.3 Å². The monoisotopic (exact) mass is 345 g/mol. The molecule has 8 heteroatoms. The Balaban J connectivity index is 2.52. The minimum Gasteiger partial charge on any atom is -0.467 e. The van der Waals surface area contributed by atoms with Crippen LogP contribution in [0.3, 0.4) is 0 Å². The number of aryl methyl sites for hydroxylation is 1. The van der Waals surface area contributed by atoms with Gasteiger partial charge in [0, 0.05) is 11.6 Å². The maximum atomic E-state index is 11.7. The summed E-state index contributed by atoms with van der Waals surface area (Å²) in [5, 5.41) is 3.58. The third kappa shape index (κ3) is 4.03. The Morgan fingerprint density at radius 3 is 2.36 bits per heavy atom. The summed E-state index contributed by atoms with van der Waals surface area (Å²) >= 11 is 0. The quantitative estimate of drug-likeness (QED) is 0.366. The molecule has 1 N–H and O–H groups in total. The summed E-state index contributed by atoms with van der Waals surface area (Å²) in [6.45, 7) is 2.03. The van der Waals surface area contributed by atoms with E-state index < -0.39 is 11.9 Å². The van der Waals surface area contributed by atoms with Gasteiger partial charge in [0.1, 0.15) is 5.82 Å². The Morgan fingerprint density at radius 1 is 1.12 bits per heavy atom. The number of hydrogen-bond donors (Lipinski definition) is 1. The van der Waals surface area contributed by atoms with Gasteiger partial charge in [-0.15, -0.1) is 0 Å². The van der Waals surface area contributed by atoms with Gasteiger partial charge in [-0.2, -0.15) is 9.97 Å². The van der Waals surface area contributed by atoms with Crippen LogP contribution in [0.5, 0.6) is 6.01 Å². The van der Waals surface area contributed by atoms with Crippen molar-refractivity contribution < 1.29 is 23.8 Å². The fourth-order valence-corrected chi connectivity index (χ4v) is 2.14. The lowest BCUT2D eigenvalue weighted by molar-refractivity contribution is -0.144. The molecule has 0 saturated heterocycles. The highest BCUT2D eigenvalue weighted by molar-refractivity contribution is 6.14. The molecule has 0 amide bonds. The van der Waals surface area contributed by atoms with Crippen molar-refractivity contribution in [1.29, 1.82) is 0 Å². The molecule has 132 valence electrons. The van der Waals surface area contributed by atoms with E-state index in [1.54, 1.807) is 0 Å². The van der Waals surface area contributed by atoms with Crippen LogP contribution in [-0.4, -0.2) is 43.2 Å². The van der Waals surface area contributed by atoms with Crippen LogP contribution < -0.4 is 10.1 Å². The number of aromatic nitrogens is 2. The number of nitrogens with zero attached hydrogens (tertiary/aromatic N) is 2. The maximum Gasteiger partial charge on any atom is 0.346 e. The summed E-state index contributed by atoms with van der Waals surface area (Å²) < 4.78 is 14.3. The van der Waals surface area contributed by atoms with Gasteiger partial charge in [0.2, 0.25) is 0 Å². The van der Waals surface area contributed by atoms with Crippen LogP contribution in [0.2, 0.25) is 0 Å². The number of carbonyl (C=O) groups excluding carboxylic acids is 2. The number of benzene rings is 1. The lowest BCUT2D eigenvalue weighted by Crippen LogP contribution is -2.17. The first-order chi connectivity index (χ1) is 12.0. The molecular weight excluding hydrogens is 326 g/mol. The van der Waals surface area contributed by atoms with Crippen LogP contribution in [0.1, 0.15) is 12.5 Å². The van der Waals surface area contributed by atoms with Gasteiger partial charge in [-0.3, -0.25) is 0 Å². The molecule has 0 saturated carbocycles. The highest BCUT2D eigenvalue weighted by atomic mass is 16.5. The second kappa shape index (κ2) is 8.09. The Hall–Kier alpha value is -3.16. The number of esters is 2. The number of ether oxygens (including phenoxy) is 3. The number of hydrogen-bond acceptors (Lipinski definition) is 8. The lowest BCUT2D eigenvalue weighted by Gasteiger charge is -2.10. The Bertz CT molecular complexity index is 814. The first-order valence-corrected chi connectivity index (χ1v) is 7.52. The van der Waals surface area contributed by atoms with Crippen molar-refractivity contribution in [3.63, 3.8) is 0 Å². The SMILES string of the molecule is CCc1ccc2nc(OC)nc(NC=C(C(=O)OC)C(=O)OC)c2c1. The predicted molar refractivity (Wildman–Crippen MR) is 91.2 cm³/mol. The van der Waals surface area contributed by atoms with Crippen LogP contribution in [0.25, 0.3) is 10.9 Å². The molecule has 0 atom stereocenters. The molecule has 0 aliphatic rings. The van der Waals surface area contributed by atoms with Crippen LogP contribution in [0, 0.1) is 0 Å². The van der Waals surface area contributed by atoms with Gasteiger partial charge in [0.05, 0.1) is 26.8 Å². The number of anilines is 1. The fourth-order valence-electron chi connectivity index (χ4n) is 2.14. The zero-order chi connectivity index (χ0) is 18.4. The minimum atomic E-state index is -0.820. The van der Waals surface area contributed by atoms with Crippen molar-refractivity contribution in [3.05, 3.63) is 35.5 Å². The van der Waals surface area contributed by atoms with Gasteiger partial charge in [-0.25, -0.2) is 9.59 Å². The van der Waals surface area contributed by atoms with Gasteiger partial charge in [0.15, 0.2) is 5.57 Å². The minimum absolute atomic E-state index is 0.158. The summed E-state index contributed by atoms with van der Waals surface area (Å²) in [4.78, 5) is 32.0. The molecule has 0 aliphatic carbocycles. The molecule has 0 unspecified atom stereocenters. The van der Waals surface area contributed by atoms with E-state index in [4.69, 9.17) is 4.74 Å². The molecule has 8 nitrogen and oxygen atoms in total. The largest absolute Gasteiger partial charge is 0.467 e. The molecule has 2 rings (SSSR count). The van der Waals surface area contributed by atoms with Gasteiger partial charge in [0.25, 0.3) is 0 Å². The summed E-state index contributed by atoms with van der Waals surface area (Å²) in [5.41, 5.74) is 1.47. The van der Waals surface area contributed by atoms with Crippen molar-refractivity contribution in [2.75, 3.05) is 26.6 Å². The zero-order valence-electron chi connectivity index (χ0n) is 14.5. The Morgan fingerprint density at radius 2 is 1.80 bits per heavy atom. The molecule has 0 spiro atoms. The lowest BCUT2D eigenvalue weighted by atomic mass is 10.1. The third-order valence-corrected chi connectivity index (χ3v) is 3.49. The second-order valence-corrected chi connectivity index (χ2v) is 4.95. The van der Waals surface area contributed by atoms with E-state index in [1.807, 2.05) is 25.1 Å². The number of rotatable bonds is 6. The maximum absolute atomic E-state index is 11.7. The van der Waals surface area contributed by atoms with Crippen LogP contribution in [0.4, 0.5) is 5.82 Å². The average molecular weight is 345 g/mol. The van der Waals surface area contributed by atoms with Crippen molar-refractivity contribution in [2.24, 2.45) is 0 Å². The van der Waals surface area contributed by atoms with Crippen LogP contribution in [0.15, 0.2) is 30.0 Å². The Kier molecular flexibility index (Phi) is 5.89. The van der Waals surface area contributed by atoms with Crippen LogP contribution >= 0.6 is 0 Å². The van der Waals surface area contributed by atoms with E-state index in [-0.39, 0.29) is 11.6 Å². The molecule has 0 fully saturated rings. The van der Waals surface area contributed by atoms with E-state index in [0.717, 1.165) is 17.4 Å². The van der Waals surface area contributed by atoms with E-state index in [2.05, 4.69) is 24.8 Å². The van der Waals surface area contributed by atoms with Gasteiger partial charge < -0.3 is 19.5 Å².